The summed E-state index contributed by atoms with van der Waals surface area (Å²) in [7, 11) is 0. The third kappa shape index (κ3) is 4.41. The number of nitriles is 5. The zero-order chi connectivity index (χ0) is 34.7. The number of aromatic nitrogens is 5. The van der Waals surface area contributed by atoms with E-state index in [-0.39, 0.29) is 5.56 Å². The topological polar surface area (TPSA) is 167 Å². The summed E-state index contributed by atoms with van der Waals surface area (Å²) in [4.78, 5) is 13.5. The highest BCUT2D eigenvalue weighted by molar-refractivity contribution is 6.12. The minimum atomic E-state index is 0.285. The molecule has 0 aliphatic rings. The second-order valence-electron chi connectivity index (χ2n) is 11.8. The summed E-state index contributed by atoms with van der Waals surface area (Å²) in [6.07, 6.45) is 0. The van der Waals surface area contributed by atoms with E-state index in [1.165, 1.54) is 0 Å². The van der Waals surface area contributed by atoms with Crippen LogP contribution in [0.3, 0.4) is 0 Å². The van der Waals surface area contributed by atoms with Gasteiger partial charge in [0.25, 0.3) is 0 Å². The van der Waals surface area contributed by atoms with Crippen molar-refractivity contribution in [1.82, 2.24) is 24.1 Å². The molecular weight excluding hydrogens is 621 g/mol. The molecule has 10 heteroatoms. The molecule has 0 saturated heterocycles. The molecule has 0 aliphatic heterocycles. The second-order valence-corrected chi connectivity index (χ2v) is 11.8. The second kappa shape index (κ2) is 11.2. The first-order valence-corrected chi connectivity index (χ1v) is 15.4. The van der Waals surface area contributed by atoms with Gasteiger partial charge in [-0.25, -0.2) is 15.0 Å². The molecule has 230 valence electrons. The molecule has 5 aromatic carbocycles. The van der Waals surface area contributed by atoms with Crippen molar-refractivity contribution in [1.29, 1.82) is 26.3 Å². The highest BCUT2D eigenvalue weighted by atomic mass is 15.1. The van der Waals surface area contributed by atoms with Gasteiger partial charge in [0.2, 0.25) is 0 Å². The van der Waals surface area contributed by atoms with Crippen LogP contribution in [0, 0.1) is 70.5 Å². The van der Waals surface area contributed by atoms with Gasteiger partial charge in [-0.2, -0.15) is 26.3 Å². The third-order valence-corrected chi connectivity index (χ3v) is 8.87. The normalized spacial score (nSPS) is 10.9. The molecule has 0 amide bonds. The smallest absolute Gasteiger partial charge is 0.164 e. The number of rotatable bonds is 3. The van der Waals surface area contributed by atoms with Crippen LogP contribution in [-0.2, 0) is 0 Å². The summed E-state index contributed by atoms with van der Waals surface area (Å²) < 4.78 is 3.93. The Bertz CT molecular complexity index is 2850. The number of fused-ring (bicyclic) bond motifs is 6. The van der Waals surface area contributed by atoms with Gasteiger partial charge in [0.05, 0.1) is 91.6 Å². The van der Waals surface area contributed by atoms with E-state index in [4.69, 9.17) is 0 Å². The fraction of sp³-hybridized carbons (Fsp3) is 0.0500. The van der Waals surface area contributed by atoms with Crippen molar-refractivity contribution in [2.45, 2.75) is 13.8 Å². The van der Waals surface area contributed by atoms with Crippen molar-refractivity contribution in [2.75, 3.05) is 0 Å². The zero-order valence-corrected chi connectivity index (χ0v) is 26.6. The van der Waals surface area contributed by atoms with E-state index in [0.29, 0.717) is 78.7 Å². The summed E-state index contributed by atoms with van der Waals surface area (Å²) in [5.41, 5.74) is 6.42. The van der Waals surface area contributed by atoms with Gasteiger partial charge < -0.3 is 9.13 Å². The van der Waals surface area contributed by atoms with Gasteiger partial charge in [-0.15, -0.1) is 0 Å². The van der Waals surface area contributed by atoms with Crippen molar-refractivity contribution in [3.05, 3.63) is 124 Å². The van der Waals surface area contributed by atoms with E-state index in [1.807, 2.05) is 39.5 Å². The number of aryl methyl sites for hydroxylation is 2. The Morgan fingerprint density at radius 3 is 1.14 bits per heavy atom. The van der Waals surface area contributed by atoms with Gasteiger partial charge in [-0.3, -0.25) is 0 Å². The van der Waals surface area contributed by atoms with Crippen LogP contribution in [0.4, 0.5) is 0 Å². The molecule has 0 fully saturated rings. The predicted octanol–water partition coefficient (Wildman–Crippen LogP) is 7.71. The van der Waals surface area contributed by atoms with Crippen molar-refractivity contribution in [2.24, 2.45) is 0 Å². The highest BCUT2D eigenvalue weighted by Crippen LogP contribution is 2.41. The molecule has 8 rings (SSSR count). The molecule has 0 bridgehead atoms. The molecule has 8 aromatic rings. The van der Waals surface area contributed by atoms with Crippen LogP contribution in [0.15, 0.2) is 84.9 Å². The summed E-state index contributed by atoms with van der Waals surface area (Å²) in [5.74, 6) is 1.30. The van der Waals surface area contributed by atoms with Gasteiger partial charge in [0, 0.05) is 27.1 Å². The van der Waals surface area contributed by atoms with Crippen molar-refractivity contribution in [3.8, 4) is 53.1 Å². The van der Waals surface area contributed by atoms with Crippen molar-refractivity contribution >= 4 is 43.6 Å². The van der Waals surface area contributed by atoms with Gasteiger partial charge in [-0.1, -0.05) is 24.3 Å². The SMILES string of the molecule is Cc1nc(C)nc(-c2cc(-n3c4cc(C#N)ccc4c4ccc(C#N)cc43)c(-n3c4cc(C#N)ccc4c4ccc(C#N)cc43)cc2C#N)n1. The monoisotopic (exact) mass is 640 g/mol. The zero-order valence-electron chi connectivity index (χ0n) is 26.6. The maximum Gasteiger partial charge on any atom is 0.164 e. The Hall–Kier alpha value is -7.84. The minimum Gasteiger partial charge on any atom is -0.307 e. The molecule has 0 radical (unpaired) electrons. The lowest BCUT2D eigenvalue weighted by Crippen LogP contribution is -2.07. The standard InChI is InChI=1S/C40H20N10/c1-22-46-23(2)48-40(47-22)33-16-39(50-36-13-26(19-43)5-9-31(36)32-10-6-27(20-44)14-37(32)50)38(15-28(33)21-45)49-34-11-24(17-41)3-7-29(34)30-8-4-25(18-42)12-35(30)49/h3-16H,1-2H3. The van der Waals surface area contributed by atoms with Crippen LogP contribution in [-0.4, -0.2) is 24.1 Å². The van der Waals surface area contributed by atoms with Gasteiger partial charge in [0.15, 0.2) is 5.82 Å². The average Bonchev–Trinajstić information content (AvgIpc) is 3.64. The van der Waals surface area contributed by atoms with E-state index in [0.717, 1.165) is 21.5 Å². The van der Waals surface area contributed by atoms with Gasteiger partial charge in [-0.05, 0) is 74.5 Å². The first-order valence-electron chi connectivity index (χ1n) is 15.4. The Morgan fingerprint density at radius 1 is 0.440 bits per heavy atom. The van der Waals surface area contributed by atoms with Crippen LogP contribution in [0.1, 0.15) is 39.5 Å². The Labute approximate surface area is 284 Å². The van der Waals surface area contributed by atoms with Crippen LogP contribution in [0.5, 0.6) is 0 Å². The van der Waals surface area contributed by atoms with E-state index >= 15 is 0 Å². The van der Waals surface area contributed by atoms with Crippen molar-refractivity contribution < 1.29 is 0 Å². The van der Waals surface area contributed by atoms with Crippen LogP contribution in [0.25, 0.3) is 66.4 Å². The number of nitrogens with zero attached hydrogens (tertiary/aromatic N) is 10. The van der Waals surface area contributed by atoms with Crippen molar-refractivity contribution in [3.63, 3.8) is 0 Å². The minimum absolute atomic E-state index is 0.285. The summed E-state index contributed by atoms with van der Waals surface area (Å²) >= 11 is 0. The third-order valence-electron chi connectivity index (χ3n) is 8.87. The lowest BCUT2D eigenvalue weighted by atomic mass is 10.0. The molecule has 3 heterocycles. The first-order chi connectivity index (χ1) is 24.3. The Kier molecular flexibility index (Phi) is 6.59. The molecule has 0 saturated carbocycles. The van der Waals surface area contributed by atoms with E-state index < -0.39 is 0 Å². The molecule has 50 heavy (non-hydrogen) atoms. The van der Waals surface area contributed by atoms with E-state index in [9.17, 15) is 26.3 Å². The van der Waals surface area contributed by atoms with Crippen LogP contribution >= 0.6 is 0 Å². The molecule has 0 spiro atoms. The van der Waals surface area contributed by atoms with E-state index in [2.05, 4.69) is 45.3 Å². The Balaban J connectivity index is 1.63. The number of benzene rings is 5. The molecule has 0 atom stereocenters. The molecular formula is C40H20N10. The number of hydrogen-bond acceptors (Lipinski definition) is 8. The summed E-state index contributed by atoms with van der Waals surface area (Å²) in [6, 6.07) is 36.7. The quantitative estimate of drug-likeness (QED) is 0.189. The fourth-order valence-corrected chi connectivity index (χ4v) is 6.78. The molecule has 10 nitrogen and oxygen atoms in total. The summed E-state index contributed by atoms with van der Waals surface area (Å²) in [6.45, 7) is 3.52. The lowest BCUT2D eigenvalue weighted by molar-refractivity contribution is 0.927. The lowest BCUT2D eigenvalue weighted by Gasteiger charge is -2.19. The Morgan fingerprint density at radius 2 is 0.800 bits per heavy atom. The molecule has 0 aliphatic carbocycles. The van der Waals surface area contributed by atoms with Crippen LogP contribution in [0.2, 0.25) is 0 Å². The molecule has 0 unspecified atom stereocenters. The highest BCUT2D eigenvalue weighted by Gasteiger charge is 2.24. The number of hydrogen-bond donors (Lipinski definition) is 0. The largest absolute Gasteiger partial charge is 0.307 e. The summed E-state index contributed by atoms with van der Waals surface area (Å²) in [5, 5.41) is 53.8. The maximum absolute atomic E-state index is 10.6. The molecule has 3 aromatic heterocycles. The fourth-order valence-electron chi connectivity index (χ4n) is 6.78. The molecule has 0 N–H and O–H groups in total. The van der Waals surface area contributed by atoms with E-state index in [1.54, 1.807) is 68.4 Å². The van der Waals surface area contributed by atoms with Gasteiger partial charge >= 0.3 is 0 Å². The van der Waals surface area contributed by atoms with Gasteiger partial charge in [0.1, 0.15) is 11.6 Å². The first kappa shape index (κ1) is 29.6. The average molecular weight is 641 g/mol. The van der Waals surface area contributed by atoms with Crippen LogP contribution < -0.4 is 0 Å². The predicted molar refractivity (Wildman–Crippen MR) is 187 cm³/mol. The maximum atomic E-state index is 10.6.